The van der Waals surface area contributed by atoms with Crippen LogP contribution in [-0.4, -0.2) is 21.0 Å². The van der Waals surface area contributed by atoms with Gasteiger partial charge in [-0.15, -0.1) is 0 Å². The Morgan fingerprint density at radius 2 is 2.31 bits per heavy atom. The Kier molecular flexibility index (Phi) is 1.81. The lowest BCUT2D eigenvalue weighted by Gasteiger charge is -1.92. The molecule has 2 rings (SSSR count). The lowest BCUT2D eigenvalue weighted by Crippen LogP contribution is -1.94. The van der Waals surface area contributed by atoms with Crippen LogP contribution in [0, 0.1) is 0 Å². The van der Waals surface area contributed by atoms with E-state index in [2.05, 4.69) is 25.9 Å². The zero-order valence-electron chi connectivity index (χ0n) is 6.41. The van der Waals surface area contributed by atoms with Gasteiger partial charge in [0, 0.05) is 0 Å². The van der Waals surface area contributed by atoms with Gasteiger partial charge in [-0.1, -0.05) is 0 Å². The molecule has 0 amide bonds. The topological polar surface area (TPSA) is 66.0 Å². The first kappa shape index (κ1) is 8.25. The highest BCUT2D eigenvalue weighted by Gasteiger charge is 2.05. The normalized spacial score (nSPS) is 10.5. The van der Waals surface area contributed by atoms with Crippen molar-refractivity contribution in [2.45, 2.75) is 0 Å². The van der Waals surface area contributed by atoms with Crippen LogP contribution in [0.15, 0.2) is 22.9 Å². The van der Waals surface area contributed by atoms with Gasteiger partial charge >= 0.3 is 5.97 Å². The number of carbonyl (C=O) groups is 1. The Labute approximate surface area is 81.7 Å². The van der Waals surface area contributed by atoms with Gasteiger partial charge in [0.05, 0.1) is 16.6 Å². The summed E-state index contributed by atoms with van der Waals surface area (Å²) in [4.78, 5) is 17.6. The number of H-pyrrole nitrogens is 1. The number of hydrogen-bond donors (Lipinski definition) is 2. The Bertz CT molecular complexity index is 478. The van der Waals surface area contributed by atoms with Crippen molar-refractivity contribution in [3.63, 3.8) is 0 Å². The zero-order chi connectivity index (χ0) is 9.42. The van der Waals surface area contributed by atoms with E-state index >= 15 is 0 Å². The van der Waals surface area contributed by atoms with Crippen LogP contribution in [0.2, 0.25) is 0 Å². The number of halogens is 1. The van der Waals surface area contributed by atoms with Gasteiger partial charge in [0.2, 0.25) is 0 Å². The molecular formula is C8H5BrN2O2. The number of hydrogen-bond acceptors (Lipinski definition) is 2. The first-order valence-corrected chi connectivity index (χ1v) is 4.34. The number of carboxylic acid groups (broad SMARTS) is 1. The van der Waals surface area contributed by atoms with E-state index < -0.39 is 5.97 Å². The highest BCUT2D eigenvalue weighted by Crippen LogP contribution is 2.16. The number of aromatic carboxylic acids is 1. The number of aromatic amines is 1. The molecule has 2 N–H and O–H groups in total. The lowest BCUT2D eigenvalue weighted by molar-refractivity contribution is 0.0697. The van der Waals surface area contributed by atoms with Gasteiger partial charge < -0.3 is 10.1 Å². The van der Waals surface area contributed by atoms with Gasteiger partial charge in [0.1, 0.15) is 0 Å². The number of fused-ring (bicyclic) bond motifs is 1. The monoisotopic (exact) mass is 240 g/mol. The number of aromatic nitrogens is 2. The van der Waals surface area contributed by atoms with Crippen LogP contribution in [0.3, 0.4) is 0 Å². The quantitative estimate of drug-likeness (QED) is 0.802. The largest absolute Gasteiger partial charge is 0.478 e. The number of carboxylic acids is 1. The molecule has 0 fully saturated rings. The molecule has 5 heteroatoms. The average Bonchev–Trinajstić information content (AvgIpc) is 2.42. The van der Waals surface area contributed by atoms with Crippen molar-refractivity contribution >= 4 is 32.9 Å². The summed E-state index contributed by atoms with van der Waals surface area (Å²) < 4.78 is 0.602. The summed E-state index contributed by atoms with van der Waals surface area (Å²) in [6.07, 6.45) is 0. The van der Waals surface area contributed by atoms with Crippen LogP contribution in [0.25, 0.3) is 11.0 Å². The minimum atomic E-state index is -0.937. The molecule has 0 spiro atoms. The van der Waals surface area contributed by atoms with Crippen LogP contribution in [0.4, 0.5) is 0 Å². The molecule has 2 aromatic rings. The fraction of sp³-hybridized carbons (Fsp3) is 0. The zero-order valence-corrected chi connectivity index (χ0v) is 8.00. The van der Waals surface area contributed by atoms with Crippen molar-refractivity contribution < 1.29 is 9.90 Å². The maximum atomic E-state index is 10.6. The third-order valence-corrected chi connectivity index (χ3v) is 2.08. The molecule has 4 nitrogen and oxygen atoms in total. The second-order valence-electron chi connectivity index (χ2n) is 2.56. The maximum absolute atomic E-state index is 10.6. The van der Waals surface area contributed by atoms with E-state index in [9.17, 15) is 4.79 Å². The lowest BCUT2D eigenvalue weighted by atomic mass is 10.2. The molecule has 0 saturated heterocycles. The predicted octanol–water partition coefficient (Wildman–Crippen LogP) is 2.02. The van der Waals surface area contributed by atoms with Gasteiger partial charge in [0.25, 0.3) is 0 Å². The minimum Gasteiger partial charge on any atom is -0.478 e. The summed E-state index contributed by atoms with van der Waals surface area (Å²) in [7, 11) is 0. The summed E-state index contributed by atoms with van der Waals surface area (Å²) in [6, 6.07) is 4.74. The number of imidazole rings is 1. The van der Waals surface area contributed by atoms with Crippen LogP contribution < -0.4 is 0 Å². The third-order valence-electron chi connectivity index (χ3n) is 1.70. The molecule has 1 heterocycles. The molecule has 66 valence electrons. The van der Waals surface area contributed by atoms with Crippen LogP contribution in [0.5, 0.6) is 0 Å². The van der Waals surface area contributed by atoms with E-state index in [1.807, 2.05) is 0 Å². The molecule has 0 aliphatic carbocycles. The highest BCUT2D eigenvalue weighted by molar-refractivity contribution is 9.10. The Balaban J connectivity index is 2.67. The number of nitrogens with one attached hydrogen (secondary N) is 1. The van der Waals surface area contributed by atoms with Crippen molar-refractivity contribution in [1.82, 2.24) is 9.97 Å². The van der Waals surface area contributed by atoms with E-state index in [1.54, 1.807) is 12.1 Å². The molecule has 1 aromatic carbocycles. The Morgan fingerprint density at radius 1 is 1.54 bits per heavy atom. The van der Waals surface area contributed by atoms with E-state index in [0.717, 1.165) is 5.52 Å². The van der Waals surface area contributed by atoms with Gasteiger partial charge in [-0.3, -0.25) is 0 Å². The molecule has 0 radical (unpaired) electrons. The number of nitrogens with zero attached hydrogens (tertiary/aromatic N) is 1. The Hall–Kier alpha value is -1.36. The molecule has 0 bridgehead atoms. The van der Waals surface area contributed by atoms with Gasteiger partial charge in [-0.25, -0.2) is 9.78 Å². The molecular weight excluding hydrogens is 236 g/mol. The minimum absolute atomic E-state index is 0.253. The maximum Gasteiger partial charge on any atom is 0.335 e. The standard InChI is InChI=1S/C8H5BrN2O2/c9-8-10-5-2-1-4(7(12)13)3-6(5)11-8/h1-3H,(H,10,11)(H,12,13). The molecule has 0 atom stereocenters. The van der Waals surface area contributed by atoms with Crippen LogP contribution in [-0.2, 0) is 0 Å². The number of benzene rings is 1. The van der Waals surface area contributed by atoms with Gasteiger partial charge in [-0.05, 0) is 34.1 Å². The van der Waals surface area contributed by atoms with E-state index in [4.69, 9.17) is 5.11 Å². The summed E-state index contributed by atoms with van der Waals surface area (Å²) in [5.41, 5.74) is 1.72. The van der Waals surface area contributed by atoms with E-state index in [1.165, 1.54) is 6.07 Å². The smallest absolute Gasteiger partial charge is 0.335 e. The van der Waals surface area contributed by atoms with Crippen molar-refractivity contribution in [3.8, 4) is 0 Å². The summed E-state index contributed by atoms with van der Waals surface area (Å²) in [5.74, 6) is -0.937. The first-order chi connectivity index (χ1) is 6.16. The molecule has 13 heavy (non-hydrogen) atoms. The van der Waals surface area contributed by atoms with Crippen LogP contribution >= 0.6 is 15.9 Å². The third kappa shape index (κ3) is 1.42. The van der Waals surface area contributed by atoms with E-state index in [-0.39, 0.29) is 5.56 Å². The van der Waals surface area contributed by atoms with Gasteiger partial charge in [0.15, 0.2) is 4.73 Å². The molecule has 0 aliphatic rings. The Morgan fingerprint density at radius 3 is 3.00 bits per heavy atom. The summed E-state index contributed by atoms with van der Waals surface area (Å²) >= 11 is 3.17. The van der Waals surface area contributed by atoms with Crippen molar-refractivity contribution in [1.29, 1.82) is 0 Å². The average molecular weight is 241 g/mol. The van der Waals surface area contributed by atoms with Gasteiger partial charge in [-0.2, -0.15) is 0 Å². The number of rotatable bonds is 1. The highest BCUT2D eigenvalue weighted by atomic mass is 79.9. The van der Waals surface area contributed by atoms with Crippen molar-refractivity contribution in [2.75, 3.05) is 0 Å². The molecule has 0 unspecified atom stereocenters. The molecule has 0 saturated carbocycles. The first-order valence-electron chi connectivity index (χ1n) is 3.55. The predicted molar refractivity (Wildman–Crippen MR) is 50.8 cm³/mol. The molecule has 1 aromatic heterocycles. The molecule has 0 aliphatic heterocycles. The summed E-state index contributed by atoms with van der Waals surface area (Å²) in [5, 5.41) is 8.71. The SMILES string of the molecule is O=C(O)c1ccc2nc(Br)[nH]c2c1. The summed E-state index contributed by atoms with van der Waals surface area (Å²) in [6.45, 7) is 0. The van der Waals surface area contributed by atoms with Crippen molar-refractivity contribution in [3.05, 3.63) is 28.5 Å². The second kappa shape index (κ2) is 2.85. The fourth-order valence-corrected chi connectivity index (χ4v) is 1.52. The fourth-order valence-electron chi connectivity index (χ4n) is 1.11. The van der Waals surface area contributed by atoms with Crippen molar-refractivity contribution in [2.24, 2.45) is 0 Å². The van der Waals surface area contributed by atoms with E-state index in [0.29, 0.717) is 10.3 Å². The second-order valence-corrected chi connectivity index (χ2v) is 3.32. The van der Waals surface area contributed by atoms with Crippen LogP contribution in [0.1, 0.15) is 10.4 Å².